The summed E-state index contributed by atoms with van der Waals surface area (Å²) in [6.07, 6.45) is 4.82. The van der Waals surface area contributed by atoms with Crippen molar-refractivity contribution in [3.63, 3.8) is 0 Å². The monoisotopic (exact) mass is 223 g/mol. The maximum atomic E-state index is 11.9. The number of nitrogens with zero attached hydrogens (tertiary/aromatic N) is 2. The minimum absolute atomic E-state index is 0.103. The van der Waals surface area contributed by atoms with Crippen molar-refractivity contribution in [3.8, 4) is 6.07 Å². The predicted molar refractivity (Wildman–Crippen MR) is 62.9 cm³/mol. The van der Waals surface area contributed by atoms with Crippen molar-refractivity contribution in [3.05, 3.63) is 0 Å². The van der Waals surface area contributed by atoms with E-state index in [-0.39, 0.29) is 6.03 Å². The lowest BCUT2D eigenvalue weighted by molar-refractivity contribution is 0.186. The summed E-state index contributed by atoms with van der Waals surface area (Å²) in [7, 11) is 0. The Bertz CT molecular complexity index is 272. The summed E-state index contributed by atoms with van der Waals surface area (Å²) >= 11 is 0. The van der Waals surface area contributed by atoms with Crippen molar-refractivity contribution in [1.29, 1.82) is 5.26 Å². The first-order valence-corrected chi connectivity index (χ1v) is 6.16. The molecular weight excluding hydrogens is 202 g/mol. The Labute approximate surface area is 97.6 Å². The van der Waals surface area contributed by atoms with Gasteiger partial charge in [-0.2, -0.15) is 5.26 Å². The van der Waals surface area contributed by atoms with Crippen LogP contribution in [0.5, 0.6) is 0 Å². The molecule has 4 heteroatoms. The number of urea groups is 1. The normalized spacial score (nSPS) is 18.6. The van der Waals surface area contributed by atoms with E-state index >= 15 is 0 Å². The lowest BCUT2D eigenvalue weighted by Crippen LogP contribution is -2.53. The molecular formula is C12H21N3O. The maximum absolute atomic E-state index is 11.9. The highest BCUT2D eigenvalue weighted by atomic mass is 16.2. The Morgan fingerprint density at radius 3 is 2.31 bits per heavy atom. The van der Waals surface area contributed by atoms with Crippen LogP contribution in [0.3, 0.4) is 0 Å². The summed E-state index contributed by atoms with van der Waals surface area (Å²) in [6, 6.07) is 2.19. The van der Waals surface area contributed by atoms with Crippen molar-refractivity contribution in [1.82, 2.24) is 10.2 Å². The number of hydrogen-bond acceptors (Lipinski definition) is 2. The maximum Gasteiger partial charge on any atom is 0.318 e. The summed E-state index contributed by atoms with van der Waals surface area (Å²) in [5.41, 5.74) is -0.613. The number of hydrogen-bond donors (Lipinski definition) is 1. The van der Waals surface area contributed by atoms with E-state index in [1.54, 1.807) is 4.90 Å². The first kappa shape index (κ1) is 12.8. The van der Waals surface area contributed by atoms with Gasteiger partial charge in [-0.25, -0.2) is 4.79 Å². The highest BCUT2D eigenvalue weighted by Crippen LogP contribution is 2.27. The highest BCUT2D eigenvalue weighted by Gasteiger charge is 2.34. The fraction of sp³-hybridized carbons (Fsp3) is 0.833. The van der Waals surface area contributed by atoms with E-state index in [0.717, 1.165) is 25.7 Å². The van der Waals surface area contributed by atoms with Gasteiger partial charge < -0.3 is 10.2 Å². The number of rotatable bonds is 3. The molecule has 0 spiro atoms. The van der Waals surface area contributed by atoms with E-state index in [1.807, 2.05) is 13.8 Å². The molecule has 0 saturated heterocycles. The second kappa shape index (κ2) is 5.74. The van der Waals surface area contributed by atoms with Crippen LogP contribution in [0.1, 0.15) is 46.0 Å². The van der Waals surface area contributed by atoms with Gasteiger partial charge in [-0.05, 0) is 26.7 Å². The summed E-state index contributed by atoms with van der Waals surface area (Å²) in [6.45, 7) is 5.26. The number of carbonyl (C=O) groups is 1. The zero-order chi connectivity index (χ0) is 12.0. The van der Waals surface area contributed by atoms with Crippen molar-refractivity contribution in [2.45, 2.75) is 51.5 Å². The largest absolute Gasteiger partial charge is 0.325 e. The second-order valence-corrected chi connectivity index (χ2v) is 4.36. The van der Waals surface area contributed by atoms with Gasteiger partial charge >= 0.3 is 6.03 Å². The minimum atomic E-state index is -0.613. The molecule has 1 aliphatic carbocycles. The van der Waals surface area contributed by atoms with E-state index in [4.69, 9.17) is 0 Å². The van der Waals surface area contributed by atoms with Gasteiger partial charge in [0.25, 0.3) is 0 Å². The summed E-state index contributed by atoms with van der Waals surface area (Å²) in [5, 5.41) is 12.1. The number of nitriles is 1. The summed E-state index contributed by atoms with van der Waals surface area (Å²) < 4.78 is 0. The van der Waals surface area contributed by atoms with Crippen LogP contribution in [0, 0.1) is 11.3 Å². The Morgan fingerprint density at radius 1 is 1.31 bits per heavy atom. The third-order valence-electron chi connectivity index (χ3n) is 3.32. The van der Waals surface area contributed by atoms with Gasteiger partial charge in [0.2, 0.25) is 0 Å². The molecule has 0 bridgehead atoms. The van der Waals surface area contributed by atoms with Crippen LogP contribution >= 0.6 is 0 Å². The molecule has 2 amide bonds. The van der Waals surface area contributed by atoms with Crippen molar-refractivity contribution >= 4 is 6.03 Å². The van der Waals surface area contributed by atoms with Gasteiger partial charge in [0.1, 0.15) is 5.54 Å². The van der Waals surface area contributed by atoms with E-state index in [9.17, 15) is 10.1 Å². The van der Waals surface area contributed by atoms with Gasteiger partial charge in [-0.15, -0.1) is 0 Å². The minimum Gasteiger partial charge on any atom is -0.325 e. The first-order valence-electron chi connectivity index (χ1n) is 6.16. The van der Waals surface area contributed by atoms with Crippen LogP contribution in [0.2, 0.25) is 0 Å². The first-order chi connectivity index (χ1) is 7.67. The molecule has 1 saturated carbocycles. The molecule has 0 radical (unpaired) electrons. The summed E-state index contributed by atoms with van der Waals surface area (Å²) in [5.74, 6) is 0. The van der Waals surface area contributed by atoms with Crippen molar-refractivity contribution < 1.29 is 4.79 Å². The predicted octanol–water partition coefficient (Wildman–Crippen LogP) is 2.26. The van der Waals surface area contributed by atoms with Crippen LogP contribution in [-0.2, 0) is 0 Å². The molecule has 0 aromatic heterocycles. The molecule has 1 fully saturated rings. The molecule has 90 valence electrons. The molecule has 0 heterocycles. The van der Waals surface area contributed by atoms with Crippen molar-refractivity contribution in [2.24, 2.45) is 0 Å². The highest BCUT2D eigenvalue weighted by molar-refractivity contribution is 5.75. The van der Waals surface area contributed by atoms with Gasteiger partial charge in [0.05, 0.1) is 6.07 Å². The lowest BCUT2D eigenvalue weighted by Gasteiger charge is -2.33. The molecule has 16 heavy (non-hydrogen) atoms. The van der Waals surface area contributed by atoms with E-state index in [2.05, 4.69) is 11.4 Å². The molecule has 1 N–H and O–H groups in total. The van der Waals surface area contributed by atoms with E-state index in [1.165, 1.54) is 6.42 Å². The fourth-order valence-electron chi connectivity index (χ4n) is 2.21. The summed E-state index contributed by atoms with van der Waals surface area (Å²) in [4.78, 5) is 13.6. The zero-order valence-electron chi connectivity index (χ0n) is 10.3. The Balaban J connectivity index is 2.62. The van der Waals surface area contributed by atoms with Crippen LogP contribution < -0.4 is 5.32 Å². The van der Waals surface area contributed by atoms with Crippen LogP contribution in [0.4, 0.5) is 4.79 Å². The Hall–Kier alpha value is -1.24. The lowest BCUT2D eigenvalue weighted by atomic mass is 9.83. The molecule has 0 atom stereocenters. The molecule has 1 rings (SSSR count). The smallest absolute Gasteiger partial charge is 0.318 e. The van der Waals surface area contributed by atoms with Gasteiger partial charge in [-0.3, -0.25) is 0 Å². The fourth-order valence-corrected chi connectivity index (χ4v) is 2.21. The van der Waals surface area contributed by atoms with Gasteiger partial charge in [-0.1, -0.05) is 19.3 Å². The topological polar surface area (TPSA) is 56.1 Å². The van der Waals surface area contributed by atoms with E-state index < -0.39 is 5.54 Å². The molecule has 0 aromatic carbocycles. The van der Waals surface area contributed by atoms with Crippen LogP contribution in [0.15, 0.2) is 0 Å². The van der Waals surface area contributed by atoms with Gasteiger partial charge in [0, 0.05) is 13.1 Å². The second-order valence-electron chi connectivity index (χ2n) is 4.36. The Kier molecular flexibility index (Phi) is 4.60. The molecule has 0 unspecified atom stereocenters. The van der Waals surface area contributed by atoms with Gasteiger partial charge in [0.15, 0.2) is 0 Å². The number of nitrogens with one attached hydrogen (secondary N) is 1. The van der Waals surface area contributed by atoms with Crippen LogP contribution in [0.25, 0.3) is 0 Å². The number of carbonyl (C=O) groups excluding carboxylic acids is 1. The molecule has 0 aliphatic heterocycles. The van der Waals surface area contributed by atoms with Crippen molar-refractivity contribution in [2.75, 3.05) is 13.1 Å². The average molecular weight is 223 g/mol. The standard InChI is InChI=1S/C12H21N3O/c1-3-15(4-2)11(16)14-12(10-13)8-6-5-7-9-12/h3-9H2,1-2H3,(H,14,16). The Morgan fingerprint density at radius 2 is 1.88 bits per heavy atom. The SMILES string of the molecule is CCN(CC)C(=O)NC1(C#N)CCCCC1. The zero-order valence-corrected chi connectivity index (χ0v) is 10.3. The molecule has 0 aromatic rings. The third-order valence-corrected chi connectivity index (χ3v) is 3.32. The van der Waals surface area contributed by atoms with E-state index in [0.29, 0.717) is 13.1 Å². The number of amides is 2. The third kappa shape index (κ3) is 2.88. The van der Waals surface area contributed by atoms with Crippen LogP contribution in [-0.4, -0.2) is 29.6 Å². The average Bonchev–Trinajstić information content (AvgIpc) is 2.32. The quantitative estimate of drug-likeness (QED) is 0.798. The molecule has 4 nitrogen and oxygen atoms in total. The molecule has 1 aliphatic rings.